The Balaban J connectivity index is 2.33. The Morgan fingerprint density at radius 3 is 2.89 bits per heavy atom. The minimum Gasteiger partial charge on any atom is -0.440 e. The van der Waals surface area contributed by atoms with Gasteiger partial charge in [-0.05, 0) is 30.0 Å². The van der Waals surface area contributed by atoms with Crippen molar-refractivity contribution in [3.05, 3.63) is 46.4 Å². The van der Waals surface area contributed by atoms with Gasteiger partial charge in [-0.15, -0.1) is 0 Å². The van der Waals surface area contributed by atoms with Crippen LogP contribution < -0.4 is 0 Å². The summed E-state index contributed by atoms with van der Waals surface area (Å²) in [5.41, 5.74) is 2.90. The van der Waals surface area contributed by atoms with Gasteiger partial charge in [0.25, 0.3) is 0 Å². The number of hydrogen-bond donors (Lipinski definition) is 0. The van der Waals surface area contributed by atoms with E-state index in [1.54, 1.807) is 0 Å². The topological polar surface area (TPSA) is 26.0 Å². The first-order valence-electron chi connectivity index (χ1n) is 6.19. The maximum absolute atomic E-state index is 6.31. The van der Waals surface area contributed by atoms with Gasteiger partial charge in [-0.2, -0.15) is 0 Å². The molecule has 0 amide bonds. The Morgan fingerprint density at radius 1 is 1.32 bits per heavy atom. The number of rotatable bonds is 0. The first-order chi connectivity index (χ1) is 9.06. The summed E-state index contributed by atoms with van der Waals surface area (Å²) >= 11 is 12.4. The number of aromatic nitrogens is 1. The number of nitrogens with zero attached hydrogens (tertiary/aromatic N) is 1. The highest BCUT2D eigenvalue weighted by atomic mass is 35.5. The predicted molar refractivity (Wildman–Crippen MR) is 78.5 cm³/mol. The summed E-state index contributed by atoms with van der Waals surface area (Å²) in [6.45, 7) is 3.99. The fourth-order valence-electron chi connectivity index (χ4n) is 2.43. The summed E-state index contributed by atoms with van der Waals surface area (Å²) in [5, 5.41) is 1.33. The third-order valence-electron chi connectivity index (χ3n) is 3.40. The molecule has 4 heteroatoms. The molecule has 19 heavy (non-hydrogen) atoms. The predicted octanol–water partition coefficient (Wildman–Crippen LogP) is 5.39. The van der Waals surface area contributed by atoms with Gasteiger partial charge in [0.1, 0.15) is 5.69 Å². The average Bonchev–Trinajstić information content (AvgIpc) is 2.76. The second-order valence-corrected chi connectivity index (χ2v) is 5.67. The van der Waals surface area contributed by atoms with Crippen LogP contribution in [0.1, 0.15) is 36.4 Å². The summed E-state index contributed by atoms with van der Waals surface area (Å²) in [6, 6.07) is 5.88. The third kappa shape index (κ3) is 2.19. The summed E-state index contributed by atoms with van der Waals surface area (Å²) in [4.78, 5) is 4.38. The lowest BCUT2D eigenvalue weighted by Crippen LogP contribution is -1.99. The zero-order valence-electron chi connectivity index (χ0n) is 10.7. The number of benzene rings is 1. The van der Waals surface area contributed by atoms with E-state index >= 15 is 0 Å². The first kappa shape index (κ1) is 12.8. The molecule has 1 aromatic carbocycles. The van der Waals surface area contributed by atoms with Crippen molar-refractivity contribution in [1.82, 2.24) is 4.98 Å². The Hall–Kier alpha value is -1.25. The number of allylic oxidation sites excluding steroid dienone is 1. The van der Waals surface area contributed by atoms with Gasteiger partial charge < -0.3 is 4.42 Å². The largest absolute Gasteiger partial charge is 0.440 e. The van der Waals surface area contributed by atoms with E-state index < -0.39 is 0 Å². The molecule has 1 atom stereocenters. The van der Waals surface area contributed by atoms with Gasteiger partial charge in [0.05, 0.1) is 5.03 Å². The van der Waals surface area contributed by atoms with Crippen LogP contribution in [0.25, 0.3) is 16.4 Å². The van der Waals surface area contributed by atoms with E-state index in [0.29, 0.717) is 33.3 Å². The molecule has 0 spiro atoms. The standard InChI is InChI=1S/C15H13Cl2NO/c1-8-3-6-13(17)14-15(19-9(2)18-14)12-7-10(16)4-5-11(8)12/h4-8H,3H2,1-2H3. The van der Waals surface area contributed by atoms with Crippen molar-refractivity contribution in [1.29, 1.82) is 0 Å². The van der Waals surface area contributed by atoms with Crippen LogP contribution in [0.2, 0.25) is 5.02 Å². The molecule has 0 radical (unpaired) electrons. The summed E-state index contributed by atoms with van der Waals surface area (Å²) in [5.74, 6) is 1.68. The van der Waals surface area contributed by atoms with Crippen LogP contribution in [0.4, 0.5) is 0 Å². The lowest BCUT2D eigenvalue weighted by Gasteiger charge is -2.17. The van der Waals surface area contributed by atoms with Crippen molar-refractivity contribution >= 4 is 28.2 Å². The van der Waals surface area contributed by atoms with Crippen molar-refractivity contribution < 1.29 is 4.42 Å². The molecule has 98 valence electrons. The minimum absolute atomic E-state index is 0.361. The maximum Gasteiger partial charge on any atom is 0.192 e. The molecule has 0 fully saturated rings. The van der Waals surface area contributed by atoms with Gasteiger partial charge in [0.2, 0.25) is 0 Å². The van der Waals surface area contributed by atoms with Crippen LogP contribution in [0.3, 0.4) is 0 Å². The molecule has 2 aromatic rings. The zero-order valence-corrected chi connectivity index (χ0v) is 12.2. The molecule has 0 bridgehead atoms. The Labute approximate surface area is 122 Å². The van der Waals surface area contributed by atoms with Gasteiger partial charge in [0, 0.05) is 17.5 Å². The fraction of sp³-hybridized carbons (Fsp3) is 0.267. The van der Waals surface area contributed by atoms with Crippen LogP contribution >= 0.6 is 23.2 Å². The highest BCUT2D eigenvalue weighted by Gasteiger charge is 2.23. The molecule has 1 aromatic heterocycles. The molecular weight excluding hydrogens is 281 g/mol. The summed E-state index contributed by atoms with van der Waals surface area (Å²) in [7, 11) is 0. The van der Waals surface area contributed by atoms with E-state index in [0.717, 1.165) is 12.0 Å². The van der Waals surface area contributed by atoms with Crippen LogP contribution in [-0.4, -0.2) is 4.98 Å². The van der Waals surface area contributed by atoms with E-state index in [4.69, 9.17) is 27.6 Å². The minimum atomic E-state index is 0.361. The van der Waals surface area contributed by atoms with Gasteiger partial charge in [-0.3, -0.25) is 0 Å². The normalized spacial score (nSPS) is 18.1. The lowest BCUT2D eigenvalue weighted by molar-refractivity contribution is 0.533. The van der Waals surface area contributed by atoms with Crippen molar-refractivity contribution in [2.75, 3.05) is 0 Å². The third-order valence-corrected chi connectivity index (χ3v) is 3.97. The molecule has 1 aliphatic carbocycles. The molecular formula is C15H13Cl2NO. The number of aryl methyl sites for hydroxylation is 1. The molecule has 0 N–H and O–H groups in total. The van der Waals surface area contributed by atoms with Crippen LogP contribution in [-0.2, 0) is 0 Å². The first-order valence-corrected chi connectivity index (χ1v) is 6.95. The smallest absolute Gasteiger partial charge is 0.192 e. The van der Waals surface area contributed by atoms with Crippen molar-refractivity contribution in [2.45, 2.75) is 26.2 Å². The molecule has 1 unspecified atom stereocenters. The second kappa shape index (κ2) is 4.69. The zero-order chi connectivity index (χ0) is 13.6. The van der Waals surface area contributed by atoms with Crippen molar-refractivity contribution in [2.24, 2.45) is 0 Å². The van der Waals surface area contributed by atoms with Gasteiger partial charge in [-0.1, -0.05) is 42.3 Å². The Morgan fingerprint density at radius 2 is 2.11 bits per heavy atom. The highest BCUT2D eigenvalue weighted by molar-refractivity contribution is 6.49. The Bertz CT molecular complexity index is 673. The monoisotopic (exact) mass is 293 g/mol. The molecule has 1 heterocycles. The number of oxazole rings is 1. The van der Waals surface area contributed by atoms with Crippen LogP contribution in [0.5, 0.6) is 0 Å². The quantitative estimate of drug-likeness (QED) is 0.651. The van der Waals surface area contributed by atoms with Gasteiger partial charge in [-0.25, -0.2) is 4.98 Å². The molecule has 3 rings (SSSR count). The van der Waals surface area contributed by atoms with Gasteiger partial charge in [0.15, 0.2) is 11.7 Å². The number of hydrogen-bond acceptors (Lipinski definition) is 2. The SMILES string of the molecule is Cc1nc2c(o1)-c1cc(Cl)ccc1C(C)CC=C2Cl. The van der Waals surface area contributed by atoms with Crippen LogP contribution in [0.15, 0.2) is 28.7 Å². The number of fused-ring (bicyclic) bond motifs is 3. The van der Waals surface area contributed by atoms with E-state index in [2.05, 4.69) is 18.0 Å². The van der Waals surface area contributed by atoms with E-state index in [9.17, 15) is 0 Å². The van der Waals surface area contributed by atoms with Crippen molar-refractivity contribution in [3.63, 3.8) is 0 Å². The Kier molecular flexibility index (Phi) is 3.15. The summed E-state index contributed by atoms with van der Waals surface area (Å²) < 4.78 is 5.75. The van der Waals surface area contributed by atoms with Gasteiger partial charge >= 0.3 is 0 Å². The number of halogens is 2. The molecule has 0 saturated heterocycles. The maximum atomic E-state index is 6.31. The fourth-order valence-corrected chi connectivity index (χ4v) is 2.82. The average molecular weight is 294 g/mol. The second-order valence-electron chi connectivity index (χ2n) is 4.83. The van der Waals surface area contributed by atoms with E-state index in [1.165, 1.54) is 5.56 Å². The van der Waals surface area contributed by atoms with Crippen molar-refractivity contribution in [3.8, 4) is 11.3 Å². The summed E-state index contributed by atoms with van der Waals surface area (Å²) in [6.07, 6.45) is 2.88. The van der Waals surface area contributed by atoms with E-state index in [-0.39, 0.29) is 0 Å². The highest BCUT2D eigenvalue weighted by Crippen LogP contribution is 2.40. The molecule has 2 nitrogen and oxygen atoms in total. The van der Waals surface area contributed by atoms with Crippen LogP contribution in [0, 0.1) is 6.92 Å². The molecule has 1 aliphatic rings. The lowest BCUT2D eigenvalue weighted by atomic mass is 9.89. The molecule has 0 aliphatic heterocycles. The van der Waals surface area contributed by atoms with E-state index in [1.807, 2.05) is 25.1 Å². The molecule has 0 saturated carbocycles.